The summed E-state index contributed by atoms with van der Waals surface area (Å²) in [5.74, 6) is 0.749. The highest BCUT2D eigenvalue weighted by molar-refractivity contribution is 9.10. The number of benzene rings is 2. The molecule has 0 spiro atoms. The molecule has 0 aliphatic heterocycles. The third kappa shape index (κ3) is 3.19. The average molecular weight is 386 g/mol. The minimum absolute atomic E-state index is 0.670. The van der Waals surface area contributed by atoms with E-state index in [1.807, 2.05) is 43.3 Å². The monoisotopic (exact) mass is 384 g/mol. The summed E-state index contributed by atoms with van der Waals surface area (Å²) in [6, 6.07) is 11.5. The van der Waals surface area contributed by atoms with E-state index in [2.05, 4.69) is 31.9 Å². The Morgan fingerprint density at radius 1 is 1.05 bits per heavy atom. The van der Waals surface area contributed by atoms with Crippen molar-refractivity contribution in [1.29, 1.82) is 0 Å². The second kappa shape index (κ2) is 6.07. The first kappa shape index (κ1) is 14.6. The smallest absolute Gasteiger partial charge is 0.133 e. The normalized spacial score (nSPS) is 12.3. The molecule has 2 nitrogen and oxygen atoms in total. The summed E-state index contributed by atoms with van der Waals surface area (Å²) in [6.07, 6.45) is -0.670. The summed E-state index contributed by atoms with van der Waals surface area (Å²) in [5.41, 5.74) is 2.79. The van der Waals surface area contributed by atoms with Gasteiger partial charge in [-0.05, 0) is 52.2 Å². The highest BCUT2D eigenvalue weighted by Gasteiger charge is 2.15. The molecule has 2 rings (SSSR count). The van der Waals surface area contributed by atoms with Gasteiger partial charge < -0.3 is 9.84 Å². The predicted molar refractivity (Wildman–Crippen MR) is 83.6 cm³/mol. The summed E-state index contributed by atoms with van der Waals surface area (Å²) in [4.78, 5) is 0. The topological polar surface area (TPSA) is 29.5 Å². The SMILES string of the molecule is COc1ccc(C(O)c2cc(C)ccc2Br)cc1Br. The number of aliphatic hydroxyl groups is 1. The summed E-state index contributed by atoms with van der Waals surface area (Å²) < 4.78 is 6.92. The van der Waals surface area contributed by atoms with Crippen LogP contribution in [0.5, 0.6) is 5.75 Å². The van der Waals surface area contributed by atoms with Crippen LogP contribution in [-0.4, -0.2) is 12.2 Å². The van der Waals surface area contributed by atoms with E-state index >= 15 is 0 Å². The number of halogens is 2. The molecule has 0 radical (unpaired) electrons. The van der Waals surface area contributed by atoms with E-state index in [1.165, 1.54) is 0 Å². The van der Waals surface area contributed by atoms with E-state index in [0.717, 1.165) is 31.4 Å². The molecular weight excluding hydrogens is 372 g/mol. The van der Waals surface area contributed by atoms with Crippen molar-refractivity contribution in [2.45, 2.75) is 13.0 Å². The zero-order chi connectivity index (χ0) is 14.0. The van der Waals surface area contributed by atoms with Crippen molar-refractivity contribution in [2.24, 2.45) is 0 Å². The van der Waals surface area contributed by atoms with Crippen molar-refractivity contribution >= 4 is 31.9 Å². The molecule has 0 aliphatic carbocycles. The Kier molecular flexibility index (Phi) is 4.66. The van der Waals surface area contributed by atoms with E-state index in [-0.39, 0.29) is 0 Å². The van der Waals surface area contributed by atoms with E-state index in [0.29, 0.717) is 0 Å². The van der Waals surface area contributed by atoms with Crippen LogP contribution in [0.3, 0.4) is 0 Å². The average Bonchev–Trinajstić information content (AvgIpc) is 2.40. The molecule has 0 bridgehead atoms. The maximum atomic E-state index is 10.5. The summed E-state index contributed by atoms with van der Waals surface area (Å²) in [5, 5.41) is 10.5. The first-order valence-corrected chi connectivity index (χ1v) is 7.39. The molecule has 0 aromatic heterocycles. The van der Waals surface area contributed by atoms with Crippen LogP contribution in [-0.2, 0) is 0 Å². The number of rotatable bonds is 3. The van der Waals surface area contributed by atoms with Crippen LogP contribution in [0, 0.1) is 6.92 Å². The van der Waals surface area contributed by atoms with Crippen molar-refractivity contribution in [3.63, 3.8) is 0 Å². The summed E-state index contributed by atoms with van der Waals surface area (Å²) in [6.45, 7) is 2.01. The molecule has 2 aromatic rings. The van der Waals surface area contributed by atoms with E-state index in [9.17, 15) is 5.11 Å². The maximum Gasteiger partial charge on any atom is 0.133 e. The highest BCUT2D eigenvalue weighted by atomic mass is 79.9. The molecule has 0 heterocycles. The molecule has 0 saturated carbocycles. The Balaban J connectivity index is 2.41. The number of methoxy groups -OCH3 is 1. The molecular formula is C15H14Br2O2. The number of hydrogen-bond acceptors (Lipinski definition) is 2. The van der Waals surface area contributed by atoms with Gasteiger partial charge >= 0.3 is 0 Å². The van der Waals surface area contributed by atoms with Crippen molar-refractivity contribution in [2.75, 3.05) is 7.11 Å². The van der Waals surface area contributed by atoms with E-state index in [1.54, 1.807) is 7.11 Å². The molecule has 4 heteroatoms. The lowest BCUT2D eigenvalue weighted by atomic mass is 10.00. The van der Waals surface area contributed by atoms with Crippen molar-refractivity contribution < 1.29 is 9.84 Å². The van der Waals surface area contributed by atoms with E-state index in [4.69, 9.17) is 4.74 Å². The van der Waals surface area contributed by atoms with Gasteiger partial charge in [-0.2, -0.15) is 0 Å². The molecule has 0 amide bonds. The first-order chi connectivity index (χ1) is 9.02. The third-order valence-electron chi connectivity index (χ3n) is 2.94. The van der Waals surface area contributed by atoms with Crippen molar-refractivity contribution in [3.05, 3.63) is 62.0 Å². The van der Waals surface area contributed by atoms with Crippen LogP contribution in [0.15, 0.2) is 45.3 Å². The standard InChI is InChI=1S/C15H14Br2O2/c1-9-3-5-12(16)11(7-9)15(18)10-4-6-14(19-2)13(17)8-10/h3-8,15,18H,1-2H3. The van der Waals surface area contributed by atoms with E-state index < -0.39 is 6.10 Å². The largest absolute Gasteiger partial charge is 0.496 e. The van der Waals surface area contributed by atoms with Gasteiger partial charge in [0.05, 0.1) is 11.6 Å². The van der Waals surface area contributed by atoms with Crippen LogP contribution < -0.4 is 4.74 Å². The van der Waals surface area contributed by atoms with Gasteiger partial charge in [0.2, 0.25) is 0 Å². The number of aryl methyl sites for hydroxylation is 1. The second-order valence-electron chi connectivity index (χ2n) is 4.32. The molecule has 0 aliphatic rings. The zero-order valence-electron chi connectivity index (χ0n) is 10.7. The van der Waals surface area contributed by atoms with Gasteiger partial charge in [0.25, 0.3) is 0 Å². The lowest BCUT2D eigenvalue weighted by Crippen LogP contribution is -2.01. The van der Waals surface area contributed by atoms with Crippen LogP contribution in [0.4, 0.5) is 0 Å². The van der Waals surface area contributed by atoms with Crippen LogP contribution in [0.25, 0.3) is 0 Å². The van der Waals surface area contributed by atoms with Crippen LogP contribution >= 0.6 is 31.9 Å². The number of hydrogen-bond donors (Lipinski definition) is 1. The number of ether oxygens (including phenoxy) is 1. The van der Waals surface area contributed by atoms with Crippen molar-refractivity contribution in [1.82, 2.24) is 0 Å². The fourth-order valence-electron chi connectivity index (χ4n) is 1.90. The first-order valence-electron chi connectivity index (χ1n) is 5.80. The van der Waals surface area contributed by atoms with Gasteiger partial charge in [-0.1, -0.05) is 39.7 Å². The highest BCUT2D eigenvalue weighted by Crippen LogP contribution is 2.33. The van der Waals surface area contributed by atoms with Gasteiger partial charge in [0.15, 0.2) is 0 Å². The molecule has 1 atom stereocenters. The number of aliphatic hydroxyl groups excluding tert-OH is 1. The second-order valence-corrected chi connectivity index (χ2v) is 6.03. The third-order valence-corrected chi connectivity index (χ3v) is 4.28. The fraction of sp³-hybridized carbons (Fsp3) is 0.200. The lowest BCUT2D eigenvalue weighted by Gasteiger charge is -2.15. The molecule has 19 heavy (non-hydrogen) atoms. The van der Waals surface area contributed by atoms with Gasteiger partial charge in [-0.15, -0.1) is 0 Å². The van der Waals surface area contributed by atoms with Gasteiger partial charge in [-0.3, -0.25) is 0 Å². The Hall–Kier alpha value is -0.840. The minimum Gasteiger partial charge on any atom is -0.496 e. The Morgan fingerprint density at radius 3 is 2.42 bits per heavy atom. The summed E-state index contributed by atoms with van der Waals surface area (Å²) >= 11 is 6.91. The Labute approximate surface area is 129 Å². The van der Waals surface area contributed by atoms with Crippen LogP contribution in [0.1, 0.15) is 22.8 Å². The minimum atomic E-state index is -0.670. The van der Waals surface area contributed by atoms with Gasteiger partial charge in [-0.25, -0.2) is 0 Å². The maximum absolute atomic E-state index is 10.5. The van der Waals surface area contributed by atoms with Gasteiger partial charge in [0, 0.05) is 4.47 Å². The molecule has 2 aromatic carbocycles. The Bertz CT molecular complexity index is 597. The molecule has 1 unspecified atom stereocenters. The van der Waals surface area contributed by atoms with Crippen molar-refractivity contribution in [3.8, 4) is 5.75 Å². The molecule has 0 fully saturated rings. The fourth-order valence-corrected chi connectivity index (χ4v) is 2.93. The van der Waals surface area contributed by atoms with Crippen LogP contribution in [0.2, 0.25) is 0 Å². The lowest BCUT2D eigenvalue weighted by molar-refractivity contribution is 0.219. The zero-order valence-corrected chi connectivity index (χ0v) is 13.8. The van der Waals surface area contributed by atoms with Gasteiger partial charge in [0.1, 0.15) is 11.9 Å². The predicted octanol–water partition coefficient (Wildman–Crippen LogP) is 4.61. The Morgan fingerprint density at radius 2 is 1.79 bits per heavy atom. The molecule has 1 N–H and O–H groups in total. The summed E-state index contributed by atoms with van der Waals surface area (Å²) in [7, 11) is 1.62. The molecule has 0 saturated heterocycles. The molecule has 100 valence electrons. The quantitative estimate of drug-likeness (QED) is 0.835.